The lowest BCUT2D eigenvalue weighted by Gasteiger charge is -2.29. The number of carbonyl (C=O) groups excluding carboxylic acids is 1. The Morgan fingerprint density at radius 2 is 1.71 bits per heavy atom. The van der Waals surface area contributed by atoms with Crippen LogP contribution in [0.15, 0.2) is 23.1 Å². The van der Waals surface area contributed by atoms with Crippen LogP contribution in [-0.2, 0) is 10.0 Å². The van der Waals surface area contributed by atoms with Gasteiger partial charge in [-0.1, -0.05) is 12.8 Å². The number of benzene rings is 1. The second-order valence-electron chi connectivity index (χ2n) is 7.77. The van der Waals surface area contributed by atoms with E-state index in [4.69, 9.17) is 4.74 Å². The van der Waals surface area contributed by atoms with Crippen molar-refractivity contribution in [3.63, 3.8) is 0 Å². The number of nitrogens with zero attached hydrogens (tertiary/aromatic N) is 2. The number of methoxy groups -OCH3 is 1. The van der Waals surface area contributed by atoms with Crippen molar-refractivity contribution < 1.29 is 17.9 Å². The summed E-state index contributed by atoms with van der Waals surface area (Å²) in [5, 5.41) is 0. The van der Waals surface area contributed by atoms with Gasteiger partial charge < -0.3 is 14.5 Å². The van der Waals surface area contributed by atoms with Crippen LogP contribution in [-0.4, -0.2) is 70.5 Å². The molecule has 0 spiro atoms. The maximum atomic E-state index is 13.1. The second kappa shape index (κ2) is 9.24. The van der Waals surface area contributed by atoms with Gasteiger partial charge in [-0.15, -0.1) is 0 Å². The molecule has 0 aromatic heterocycles. The highest BCUT2D eigenvalue weighted by molar-refractivity contribution is 7.89. The predicted molar refractivity (Wildman–Crippen MR) is 108 cm³/mol. The van der Waals surface area contributed by atoms with Gasteiger partial charge in [0.05, 0.1) is 17.6 Å². The number of amides is 1. The van der Waals surface area contributed by atoms with Crippen LogP contribution in [0.2, 0.25) is 0 Å². The lowest BCUT2D eigenvalue weighted by molar-refractivity contribution is 0.0758. The molecule has 1 aromatic rings. The summed E-state index contributed by atoms with van der Waals surface area (Å²) in [4.78, 5) is 17.2. The van der Waals surface area contributed by atoms with E-state index in [0.29, 0.717) is 24.4 Å². The Morgan fingerprint density at radius 1 is 1.07 bits per heavy atom. The van der Waals surface area contributed by atoms with E-state index in [-0.39, 0.29) is 16.8 Å². The molecule has 0 atom stereocenters. The Labute approximate surface area is 168 Å². The number of sulfonamides is 1. The average Bonchev–Trinajstić information content (AvgIpc) is 2.98. The molecular formula is C20H31N3O4S. The van der Waals surface area contributed by atoms with Gasteiger partial charge in [0.25, 0.3) is 5.91 Å². The minimum Gasteiger partial charge on any atom is -0.496 e. The van der Waals surface area contributed by atoms with Crippen molar-refractivity contribution >= 4 is 15.9 Å². The van der Waals surface area contributed by atoms with Crippen LogP contribution in [0.1, 0.15) is 48.9 Å². The fourth-order valence-corrected chi connectivity index (χ4v) is 5.21. The molecule has 156 valence electrons. The Kier molecular flexibility index (Phi) is 6.95. The van der Waals surface area contributed by atoms with Crippen molar-refractivity contribution in [1.82, 2.24) is 14.5 Å². The molecular weight excluding hydrogens is 378 g/mol. The largest absolute Gasteiger partial charge is 0.496 e. The smallest absolute Gasteiger partial charge is 0.257 e. The van der Waals surface area contributed by atoms with Gasteiger partial charge in [0.15, 0.2) is 0 Å². The first-order chi connectivity index (χ1) is 13.4. The molecule has 2 aliphatic rings. The second-order valence-corrected chi connectivity index (χ2v) is 9.48. The number of ether oxygens (including phenoxy) is 1. The highest BCUT2D eigenvalue weighted by Crippen LogP contribution is 2.26. The van der Waals surface area contributed by atoms with Gasteiger partial charge >= 0.3 is 0 Å². The molecule has 1 aromatic carbocycles. The number of carbonyl (C=O) groups is 1. The molecule has 2 aliphatic heterocycles. The van der Waals surface area contributed by atoms with Crippen molar-refractivity contribution in [1.29, 1.82) is 0 Å². The minimum atomic E-state index is -3.69. The molecule has 0 unspecified atom stereocenters. The Hall–Kier alpha value is -1.64. The van der Waals surface area contributed by atoms with E-state index >= 15 is 0 Å². The first kappa shape index (κ1) is 21.1. The third-order valence-corrected chi connectivity index (χ3v) is 7.16. The summed E-state index contributed by atoms with van der Waals surface area (Å²) in [6.07, 6.45) is 5.76. The quantitative estimate of drug-likeness (QED) is 0.806. The monoisotopic (exact) mass is 409 g/mol. The molecule has 3 rings (SSSR count). The molecule has 1 N–H and O–H groups in total. The molecule has 2 saturated heterocycles. The van der Waals surface area contributed by atoms with Crippen LogP contribution >= 0.6 is 0 Å². The maximum Gasteiger partial charge on any atom is 0.257 e. The van der Waals surface area contributed by atoms with E-state index < -0.39 is 10.0 Å². The first-order valence-corrected chi connectivity index (χ1v) is 11.6. The molecule has 7 nitrogen and oxygen atoms in total. The maximum absolute atomic E-state index is 13.1. The van der Waals surface area contributed by atoms with E-state index in [2.05, 4.69) is 9.62 Å². The van der Waals surface area contributed by atoms with Gasteiger partial charge in [-0.05, 0) is 64.0 Å². The van der Waals surface area contributed by atoms with Gasteiger partial charge in [0.1, 0.15) is 5.75 Å². The number of nitrogens with one attached hydrogen (secondary N) is 1. The lowest BCUT2D eigenvalue weighted by atomic mass is 10.1. The zero-order valence-electron chi connectivity index (χ0n) is 16.8. The minimum absolute atomic E-state index is 0.0759. The summed E-state index contributed by atoms with van der Waals surface area (Å²) in [5.41, 5.74) is 0.315. The molecule has 2 heterocycles. The predicted octanol–water partition coefficient (Wildman–Crippen LogP) is 2.08. The molecule has 0 bridgehead atoms. The summed E-state index contributed by atoms with van der Waals surface area (Å²) in [6, 6.07) is 4.47. The molecule has 0 radical (unpaired) electrons. The van der Waals surface area contributed by atoms with E-state index in [1.165, 1.54) is 19.2 Å². The zero-order valence-corrected chi connectivity index (χ0v) is 17.6. The molecule has 1 amide bonds. The summed E-state index contributed by atoms with van der Waals surface area (Å²) >= 11 is 0. The molecule has 0 saturated carbocycles. The van der Waals surface area contributed by atoms with E-state index in [9.17, 15) is 13.2 Å². The van der Waals surface area contributed by atoms with Crippen molar-refractivity contribution in [3.05, 3.63) is 23.8 Å². The van der Waals surface area contributed by atoms with Gasteiger partial charge in [-0.3, -0.25) is 4.79 Å². The van der Waals surface area contributed by atoms with Gasteiger partial charge in [-0.2, -0.15) is 0 Å². The number of hydrogen-bond acceptors (Lipinski definition) is 5. The van der Waals surface area contributed by atoms with Gasteiger partial charge in [0, 0.05) is 19.1 Å². The number of hydrogen-bond donors (Lipinski definition) is 1. The number of likely N-dealkylation sites (tertiary alicyclic amines) is 2. The van der Waals surface area contributed by atoms with Crippen LogP contribution < -0.4 is 9.46 Å². The van der Waals surface area contributed by atoms with Crippen LogP contribution in [0.5, 0.6) is 5.75 Å². The summed E-state index contributed by atoms with van der Waals surface area (Å²) in [6.45, 7) is 3.14. The third-order valence-electron chi connectivity index (χ3n) is 5.65. The number of rotatable bonds is 5. The normalized spacial score (nSPS) is 20.0. The van der Waals surface area contributed by atoms with Crippen molar-refractivity contribution in [2.45, 2.75) is 49.5 Å². The van der Waals surface area contributed by atoms with E-state index in [0.717, 1.165) is 51.6 Å². The van der Waals surface area contributed by atoms with Crippen molar-refractivity contribution in [3.8, 4) is 5.75 Å². The Morgan fingerprint density at radius 3 is 2.32 bits per heavy atom. The van der Waals surface area contributed by atoms with E-state index in [1.807, 2.05) is 11.9 Å². The zero-order chi connectivity index (χ0) is 20.1. The molecule has 28 heavy (non-hydrogen) atoms. The van der Waals surface area contributed by atoms with Crippen molar-refractivity contribution in [2.24, 2.45) is 0 Å². The van der Waals surface area contributed by atoms with Crippen LogP contribution in [0.4, 0.5) is 0 Å². The van der Waals surface area contributed by atoms with Crippen LogP contribution in [0, 0.1) is 0 Å². The molecule has 8 heteroatoms. The lowest BCUT2D eigenvalue weighted by Crippen LogP contribution is -2.43. The standard InChI is InChI=1S/C20H31N3O4S/c1-22-13-9-16(10-14-22)21-28(25,26)17-7-8-19(27-2)18(15-17)20(24)23-11-5-3-4-6-12-23/h7-8,15-16,21H,3-6,9-14H2,1-2H3. The number of piperidine rings is 1. The highest BCUT2D eigenvalue weighted by Gasteiger charge is 2.27. The van der Waals surface area contributed by atoms with Gasteiger partial charge in [0.2, 0.25) is 10.0 Å². The summed E-state index contributed by atoms with van der Waals surface area (Å²) < 4.78 is 33.9. The Bertz CT molecular complexity index is 781. The fourth-order valence-electron chi connectivity index (χ4n) is 3.88. The van der Waals surface area contributed by atoms with Crippen molar-refractivity contribution in [2.75, 3.05) is 40.3 Å². The van der Waals surface area contributed by atoms with Crippen LogP contribution in [0.3, 0.4) is 0 Å². The third kappa shape index (κ3) is 5.04. The topological polar surface area (TPSA) is 79.0 Å². The summed E-state index contributed by atoms with van der Waals surface area (Å²) in [5.74, 6) is 0.252. The SMILES string of the molecule is COc1ccc(S(=O)(=O)NC2CCN(C)CC2)cc1C(=O)N1CCCCCC1. The molecule has 2 fully saturated rings. The fraction of sp³-hybridized carbons (Fsp3) is 0.650. The average molecular weight is 410 g/mol. The van der Waals surface area contributed by atoms with E-state index in [1.54, 1.807) is 6.07 Å². The van der Waals surface area contributed by atoms with Crippen LogP contribution in [0.25, 0.3) is 0 Å². The highest BCUT2D eigenvalue weighted by atomic mass is 32.2. The molecule has 0 aliphatic carbocycles. The van der Waals surface area contributed by atoms with Gasteiger partial charge in [-0.25, -0.2) is 13.1 Å². The first-order valence-electron chi connectivity index (χ1n) is 10.1. The summed E-state index contributed by atoms with van der Waals surface area (Å²) in [7, 11) is -0.155. The Balaban J connectivity index is 1.82.